The van der Waals surface area contributed by atoms with E-state index in [1.54, 1.807) is 24.3 Å². The van der Waals surface area contributed by atoms with Crippen molar-refractivity contribution in [3.8, 4) is 23.0 Å². The second kappa shape index (κ2) is 56.9. The largest absolute Gasteiger partial charge is 0.508 e. The molecule has 0 saturated carbocycles. The van der Waals surface area contributed by atoms with Crippen LogP contribution in [-0.2, 0) is 26.3 Å². The first-order chi connectivity index (χ1) is 52.2. The number of anilines is 2. The van der Waals surface area contributed by atoms with Crippen molar-refractivity contribution in [3.05, 3.63) is 321 Å². The maximum atomic E-state index is 9.06. The first-order valence-corrected chi connectivity index (χ1v) is 39.3. The first-order valence-electron chi connectivity index (χ1n) is 39.3. The van der Waals surface area contributed by atoms with Gasteiger partial charge in [0.2, 0.25) is 0 Å². The molecule has 110 heavy (non-hydrogen) atoms. The zero-order chi connectivity index (χ0) is 82.7. The van der Waals surface area contributed by atoms with E-state index in [0.717, 1.165) is 34.0 Å². The summed E-state index contributed by atoms with van der Waals surface area (Å²) < 4.78 is 10.8. The number of phenolic OH excluding ortho intramolecular Hbond substituents is 2. The molecule has 0 bridgehead atoms. The molecule has 10 aromatic carbocycles. The van der Waals surface area contributed by atoms with Crippen LogP contribution in [0.3, 0.4) is 0 Å². The average molecular weight is 1500 g/mol. The highest BCUT2D eigenvalue weighted by Crippen LogP contribution is 2.25. The Morgan fingerprint density at radius 2 is 0.545 bits per heavy atom. The minimum Gasteiger partial charge on any atom is -0.508 e. The molecule has 0 unspecified atom stereocenters. The predicted molar refractivity (Wildman–Crippen MR) is 474 cm³/mol. The Hall–Kier alpha value is -9.24. The lowest BCUT2D eigenvalue weighted by Gasteiger charge is -2.08. The third kappa shape index (κ3) is 43.8. The van der Waals surface area contributed by atoms with Gasteiger partial charge in [0.05, 0.1) is 13.2 Å². The SMILES string of the molecule is CC(C)c1ccc(CN)cc1.CC(C)c1ccc(CO)cc1.CC(C)c1ccc(N)cc1.CC(C)c1ccc(O)cc1.CC(C)c1ccc(OCCN)cc1.CC(C)c1cccc(CN)c1.CC(C)c1cccc(CO)c1.CC(C)c1cccc(N)c1.CC(C)c1cccc(O)c1.CC(C)c1cccc(OCCN)c1. The van der Waals surface area contributed by atoms with Crippen molar-refractivity contribution < 1.29 is 29.9 Å². The van der Waals surface area contributed by atoms with Crippen LogP contribution in [0.15, 0.2) is 243 Å². The van der Waals surface area contributed by atoms with Gasteiger partial charge in [0.1, 0.15) is 36.2 Å². The van der Waals surface area contributed by atoms with Crippen LogP contribution in [0.1, 0.15) is 276 Å². The molecule has 0 fully saturated rings. The molecule has 0 aliphatic rings. The van der Waals surface area contributed by atoms with Crippen LogP contribution < -0.4 is 43.9 Å². The fourth-order valence-corrected chi connectivity index (χ4v) is 9.98. The Labute approximate surface area is 665 Å². The molecule has 0 aliphatic heterocycles. The standard InChI is InChI=1S/2C11H17NO.2C10H15N.2C10H14O.2C9H13N.2C9H12O/c1-9(2)10-3-5-11(6-4-10)13-8-7-12;1-9(2)10-4-3-5-11(8-10)13-7-6-12;1-8(2)10-5-3-9(7-11)4-6-10;1-8(2)10-5-3-4-9(6-10)7-11;1-8(2)10-5-3-9(7-11)4-6-10;1-8(2)10-5-3-4-9(6-10)7-11;1-7(2)8-3-5-9(10)6-4-8;1-7(2)8-4-3-5-9(10)6-8;1-7(2)8-3-5-9(10)6-4-8;1-7(2)8-4-3-5-9(10)6-8/h3-6,9H,7-8,12H2,1-2H3;3-5,8-9H,6-7,12H2,1-2H3;2*3-6,8H,7,11H2,1-2H3;2*3-6,8,11H,7H2,1-2H3;2*3-7H,10H2,1-2H3;2*3-7,10H,1-2H3. The molecule has 0 saturated heterocycles. The molecule has 12 heteroatoms. The second-order valence-corrected chi connectivity index (χ2v) is 30.2. The van der Waals surface area contributed by atoms with Gasteiger partial charge in [-0.3, -0.25) is 0 Å². The van der Waals surface area contributed by atoms with Crippen LogP contribution in [0.4, 0.5) is 11.4 Å². The lowest BCUT2D eigenvalue weighted by atomic mass is 10.0. The second-order valence-electron chi connectivity index (χ2n) is 30.2. The Bertz CT molecular complexity index is 3720. The maximum Gasteiger partial charge on any atom is 0.119 e. The van der Waals surface area contributed by atoms with Gasteiger partial charge >= 0.3 is 0 Å². The van der Waals surface area contributed by atoms with Crippen LogP contribution in [-0.4, -0.2) is 46.7 Å². The Morgan fingerprint density at radius 1 is 0.245 bits per heavy atom. The molecule has 0 aromatic heterocycles. The number of ether oxygens (including phenoxy) is 2. The topological polar surface area (TPSA) is 256 Å². The molecule has 0 heterocycles. The third-order valence-corrected chi connectivity index (χ3v) is 17.5. The summed E-state index contributed by atoms with van der Waals surface area (Å²) in [4.78, 5) is 0. The number of rotatable bonds is 20. The third-order valence-electron chi connectivity index (χ3n) is 17.5. The number of aliphatic hydroxyl groups excluding tert-OH is 2. The minimum absolute atomic E-state index is 0.137. The molecule has 600 valence electrons. The number of aliphatic hydroxyl groups is 2. The number of phenols is 2. The molecule has 0 atom stereocenters. The maximum absolute atomic E-state index is 9.06. The highest BCUT2D eigenvalue weighted by atomic mass is 16.5. The molecule has 16 N–H and O–H groups in total. The van der Waals surface area contributed by atoms with Gasteiger partial charge in [0.25, 0.3) is 0 Å². The van der Waals surface area contributed by atoms with Gasteiger partial charge in [-0.2, -0.15) is 0 Å². The molecule has 0 aliphatic carbocycles. The fraction of sp³-hybridized carbons (Fsp3) is 0.388. The monoisotopic (exact) mass is 1500 g/mol. The van der Waals surface area contributed by atoms with Gasteiger partial charge in [0.15, 0.2) is 0 Å². The first kappa shape index (κ1) is 98.8. The molecule has 12 nitrogen and oxygen atoms in total. The Balaban J connectivity index is 0.000000612. The molecule has 10 rings (SSSR count). The van der Waals surface area contributed by atoms with Crippen molar-refractivity contribution in [1.29, 1.82) is 0 Å². The minimum atomic E-state index is 0.137. The number of hydrogen-bond acceptors (Lipinski definition) is 12. The Morgan fingerprint density at radius 3 is 0.891 bits per heavy atom. The molecular weight excluding hydrogens is 1360 g/mol. The number of benzene rings is 10. The lowest BCUT2D eigenvalue weighted by molar-refractivity contribution is 0.281. The van der Waals surface area contributed by atoms with Crippen molar-refractivity contribution in [2.24, 2.45) is 22.9 Å². The van der Waals surface area contributed by atoms with Crippen molar-refractivity contribution in [2.45, 2.75) is 224 Å². The molecular formula is C98H142N6O6. The zero-order valence-corrected chi connectivity index (χ0v) is 70.6. The summed E-state index contributed by atoms with van der Waals surface area (Å²) in [5.74, 6) is 8.15. The van der Waals surface area contributed by atoms with E-state index in [0.29, 0.717) is 110 Å². The number of hydrogen-bond donors (Lipinski definition) is 10. The van der Waals surface area contributed by atoms with Crippen LogP contribution in [0.5, 0.6) is 23.0 Å². The quantitative estimate of drug-likeness (QED) is 0.0320. The van der Waals surface area contributed by atoms with Crippen molar-refractivity contribution in [1.82, 2.24) is 0 Å². The van der Waals surface area contributed by atoms with E-state index in [2.05, 4.69) is 248 Å². The van der Waals surface area contributed by atoms with Crippen LogP contribution in [0, 0.1) is 0 Å². The predicted octanol–water partition coefficient (Wildman–Crippen LogP) is 23.3. The summed E-state index contributed by atoms with van der Waals surface area (Å²) in [6.45, 7) is 47.1. The van der Waals surface area contributed by atoms with Crippen molar-refractivity contribution in [2.75, 3.05) is 37.8 Å². The number of nitrogens with two attached hydrogens (primary N) is 6. The molecule has 10 aromatic rings. The van der Waals surface area contributed by atoms with E-state index in [1.807, 2.05) is 109 Å². The lowest BCUT2D eigenvalue weighted by Crippen LogP contribution is -2.10. The van der Waals surface area contributed by atoms with Gasteiger partial charge in [-0.15, -0.1) is 0 Å². The summed E-state index contributed by atoms with van der Waals surface area (Å²) in [6.07, 6.45) is 0. The number of aromatic hydroxyl groups is 2. The fourth-order valence-electron chi connectivity index (χ4n) is 9.98. The van der Waals surface area contributed by atoms with E-state index in [9.17, 15) is 0 Å². The van der Waals surface area contributed by atoms with Crippen LogP contribution in [0.25, 0.3) is 0 Å². The zero-order valence-electron chi connectivity index (χ0n) is 70.6. The van der Waals surface area contributed by atoms with Gasteiger partial charge in [-0.05, 0) is 210 Å². The summed E-state index contributed by atoms with van der Waals surface area (Å²) >= 11 is 0. The summed E-state index contributed by atoms with van der Waals surface area (Å²) in [5, 5.41) is 35.6. The van der Waals surface area contributed by atoms with Gasteiger partial charge < -0.3 is 64.3 Å². The highest BCUT2D eigenvalue weighted by molar-refractivity contribution is 5.42. The van der Waals surface area contributed by atoms with Gasteiger partial charge in [0, 0.05) is 37.6 Å². The van der Waals surface area contributed by atoms with E-state index in [4.69, 9.17) is 64.3 Å². The highest BCUT2D eigenvalue weighted by Gasteiger charge is 2.06. The molecule has 0 spiro atoms. The summed E-state index contributed by atoms with van der Waals surface area (Å²) in [5.41, 5.74) is 52.0. The molecule has 0 amide bonds. The normalized spacial score (nSPS) is 10.4. The summed E-state index contributed by atoms with van der Waals surface area (Å²) in [6, 6.07) is 80.1. The Kier molecular flexibility index (Phi) is 51.1. The van der Waals surface area contributed by atoms with E-state index >= 15 is 0 Å². The van der Waals surface area contributed by atoms with Crippen LogP contribution in [0.2, 0.25) is 0 Å². The van der Waals surface area contributed by atoms with E-state index in [-0.39, 0.29) is 13.2 Å². The number of nitrogen functional groups attached to an aromatic ring is 2. The van der Waals surface area contributed by atoms with Crippen molar-refractivity contribution >= 4 is 11.4 Å². The van der Waals surface area contributed by atoms with E-state index in [1.165, 1.54) is 66.8 Å². The summed E-state index contributed by atoms with van der Waals surface area (Å²) in [7, 11) is 0. The average Bonchev–Trinajstić information content (AvgIpc) is 0.887. The smallest absolute Gasteiger partial charge is 0.119 e. The molecule has 0 radical (unpaired) electrons. The van der Waals surface area contributed by atoms with Gasteiger partial charge in [-0.1, -0.05) is 308 Å². The van der Waals surface area contributed by atoms with Crippen molar-refractivity contribution in [3.63, 3.8) is 0 Å². The van der Waals surface area contributed by atoms with Crippen LogP contribution >= 0.6 is 0 Å². The van der Waals surface area contributed by atoms with Gasteiger partial charge in [-0.25, -0.2) is 0 Å². The van der Waals surface area contributed by atoms with E-state index < -0.39 is 0 Å².